The molecule has 1 aliphatic carbocycles. The second kappa shape index (κ2) is 6.69. The molecule has 1 saturated carbocycles. The summed E-state index contributed by atoms with van der Waals surface area (Å²) in [4.78, 5) is 10.5. The van der Waals surface area contributed by atoms with Crippen LogP contribution in [0.2, 0.25) is 0 Å². The third-order valence-corrected chi connectivity index (χ3v) is 4.12. The molecule has 0 heterocycles. The predicted octanol–water partition coefficient (Wildman–Crippen LogP) is 3.52. The van der Waals surface area contributed by atoms with E-state index in [-0.39, 0.29) is 6.61 Å². The summed E-state index contributed by atoms with van der Waals surface area (Å²) in [7, 11) is 0. The highest BCUT2D eigenvalue weighted by atomic mass is 16.2. The van der Waals surface area contributed by atoms with E-state index in [9.17, 15) is 9.90 Å². The molecule has 2 heteroatoms. The highest BCUT2D eigenvalue weighted by Gasteiger charge is 2.21. The first-order chi connectivity index (χ1) is 8.83. The van der Waals surface area contributed by atoms with Crippen LogP contribution in [0.25, 0.3) is 0 Å². The Morgan fingerprint density at radius 3 is 2.28 bits per heavy atom. The van der Waals surface area contributed by atoms with Gasteiger partial charge in [0.1, 0.15) is 6.29 Å². The average Bonchev–Trinajstić information content (AvgIpc) is 2.41. The molecule has 0 N–H and O–H groups in total. The Hall–Kier alpha value is -1.15. The molecule has 0 unspecified atom stereocenters. The van der Waals surface area contributed by atoms with Gasteiger partial charge in [-0.2, -0.15) is 0 Å². The molecule has 1 fully saturated rings. The van der Waals surface area contributed by atoms with E-state index in [0.717, 1.165) is 18.3 Å². The summed E-state index contributed by atoms with van der Waals surface area (Å²) in [6.07, 6.45) is 7.15. The van der Waals surface area contributed by atoms with E-state index >= 15 is 0 Å². The molecule has 1 aromatic carbocycles. The van der Waals surface area contributed by atoms with E-state index in [4.69, 9.17) is 0 Å². The molecule has 0 aromatic heterocycles. The molecule has 97 valence electrons. The predicted molar refractivity (Wildman–Crippen MR) is 71.1 cm³/mol. The van der Waals surface area contributed by atoms with Crippen molar-refractivity contribution in [2.24, 2.45) is 5.92 Å². The summed E-state index contributed by atoms with van der Waals surface area (Å²) < 4.78 is 0. The lowest BCUT2D eigenvalue weighted by atomic mass is 9.77. The molecule has 2 rings (SSSR count). The van der Waals surface area contributed by atoms with E-state index in [1.54, 1.807) is 0 Å². The molecule has 0 bridgehead atoms. The van der Waals surface area contributed by atoms with Crippen LogP contribution in [-0.4, -0.2) is 12.9 Å². The van der Waals surface area contributed by atoms with E-state index < -0.39 is 0 Å². The third kappa shape index (κ3) is 3.42. The van der Waals surface area contributed by atoms with Crippen molar-refractivity contribution in [3.8, 4) is 0 Å². The lowest BCUT2D eigenvalue weighted by Crippen LogP contribution is -2.13. The zero-order chi connectivity index (χ0) is 12.8. The topological polar surface area (TPSA) is 37.0 Å². The molecule has 0 atom stereocenters. The molecule has 0 spiro atoms. The van der Waals surface area contributed by atoms with Crippen molar-refractivity contribution >= 4 is 6.29 Å². The zero-order valence-electron chi connectivity index (χ0n) is 10.8. The molecule has 1 radical (unpaired) electrons. The molecule has 0 amide bonds. The van der Waals surface area contributed by atoms with E-state index in [2.05, 4.69) is 24.3 Å². The van der Waals surface area contributed by atoms with Gasteiger partial charge in [-0.1, -0.05) is 24.3 Å². The molecular weight excluding hydrogens is 224 g/mol. The Labute approximate surface area is 109 Å². The number of aldehydes is 1. The molecule has 2 nitrogen and oxygen atoms in total. The molecule has 1 aromatic rings. The normalized spacial score (nSPS) is 23.8. The number of hydrogen-bond acceptors (Lipinski definition) is 1. The minimum Gasteiger partial charge on any atom is -0.303 e. The first-order valence-corrected chi connectivity index (χ1v) is 6.94. The Morgan fingerprint density at radius 1 is 1.06 bits per heavy atom. The van der Waals surface area contributed by atoms with Gasteiger partial charge in [0, 0.05) is 6.42 Å². The Morgan fingerprint density at radius 2 is 1.72 bits per heavy atom. The highest BCUT2D eigenvalue weighted by Crippen LogP contribution is 2.36. The van der Waals surface area contributed by atoms with Gasteiger partial charge in [0.05, 0.1) is 6.61 Å². The van der Waals surface area contributed by atoms with Gasteiger partial charge in [0.25, 0.3) is 0 Å². The van der Waals surface area contributed by atoms with Crippen LogP contribution in [0.4, 0.5) is 0 Å². The fourth-order valence-electron chi connectivity index (χ4n) is 2.94. The van der Waals surface area contributed by atoms with Crippen LogP contribution in [-0.2, 0) is 16.3 Å². The van der Waals surface area contributed by atoms with E-state index in [0.29, 0.717) is 18.3 Å². The summed E-state index contributed by atoms with van der Waals surface area (Å²) >= 11 is 0. The summed E-state index contributed by atoms with van der Waals surface area (Å²) in [6, 6.07) is 8.53. The van der Waals surface area contributed by atoms with Crippen LogP contribution in [0.5, 0.6) is 0 Å². The van der Waals surface area contributed by atoms with E-state index in [1.165, 1.54) is 31.2 Å². The van der Waals surface area contributed by atoms with Crippen molar-refractivity contribution in [3.05, 3.63) is 35.4 Å². The highest BCUT2D eigenvalue weighted by molar-refractivity contribution is 5.49. The van der Waals surface area contributed by atoms with Gasteiger partial charge in [-0.15, -0.1) is 0 Å². The van der Waals surface area contributed by atoms with Crippen molar-refractivity contribution in [1.82, 2.24) is 0 Å². The number of carbonyl (C=O) groups excluding carboxylic acids is 1. The van der Waals surface area contributed by atoms with Crippen molar-refractivity contribution < 1.29 is 9.90 Å². The summed E-state index contributed by atoms with van der Waals surface area (Å²) in [6.45, 7) is -0.0316. The van der Waals surface area contributed by atoms with Crippen molar-refractivity contribution in [2.45, 2.75) is 44.4 Å². The van der Waals surface area contributed by atoms with Crippen molar-refractivity contribution in [2.75, 3.05) is 6.61 Å². The maximum Gasteiger partial charge on any atom is 0.120 e. The SMILES string of the molecule is [O]CCc1ccc(C2CCC(CC=O)CC2)cc1. The van der Waals surface area contributed by atoms with Crippen molar-refractivity contribution in [3.63, 3.8) is 0 Å². The second-order valence-electron chi connectivity index (χ2n) is 5.32. The largest absolute Gasteiger partial charge is 0.303 e. The minimum absolute atomic E-state index is 0.0316. The Kier molecular flexibility index (Phi) is 4.94. The van der Waals surface area contributed by atoms with Crippen LogP contribution >= 0.6 is 0 Å². The lowest BCUT2D eigenvalue weighted by molar-refractivity contribution is -0.108. The van der Waals surface area contributed by atoms with Crippen LogP contribution in [0.1, 0.15) is 49.1 Å². The molecule has 18 heavy (non-hydrogen) atoms. The first kappa shape index (κ1) is 13.3. The third-order valence-electron chi connectivity index (χ3n) is 4.12. The van der Waals surface area contributed by atoms with Crippen LogP contribution in [0.15, 0.2) is 24.3 Å². The summed E-state index contributed by atoms with van der Waals surface area (Å²) in [5.41, 5.74) is 2.54. The van der Waals surface area contributed by atoms with Gasteiger partial charge in [-0.25, -0.2) is 5.11 Å². The summed E-state index contributed by atoms with van der Waals surface area (Å²) in [5, 5.41) is 10.6. The van der Waals surface area contributed by atoms with Crippen LogP contribution in [0.3, 0.4) is 0 Å². The number of benzene rings is 1. The number of rotatable bonds is 5. The monoisotopic (exact) mass is 245 g/mol. The van der Waals surface area contributed by atoms with Crippen LogP contribution < -0.4 is 0 Å². The van der Waals surface area contributed by atoms with E-state index in [1.807, 2.05) is 0 Å². The smallest absolute Gasteiger partial charge is 0.120 e. The van der Waals surface area contributed by atoms with Crippen molar-refractivity contribution in [1.29, 1.82) is 0 Å². The fourth-order valence-corrected chi connectivity index (χ4v) is 2.94. The zero-order valence-corrected chi connectivity index (χ0v) is 10.8. The Balaban J connectivity index is 1.90. The lowest BCUT2D eigenvalue weighted by Gasteiger charge is -2.27. The molecule has 1 aliphatic rings. The number of hydrogen-bond donors (Lipinski definition) is 0. The first-order valence-electron chi connectivity index (χ1n) is 6.94. The number of carbonyl (C=O) groups is 1. The molecule has 0 saturated heterocycles. The Bertz CT molecular complexity index is 361. The van der Waals surface area contributed by atoms with Gasteiger partial charge >= 0.3 is 0 Å². The average molecular weight is 245 g/mol. The maximum absolute atomic E-state index is 10.6. The minimum atomic E-state index is -0.0316. The fraction of sp³-hybridized carbons (Fsp3) is 0.562. The van der Waals surface area contributed by atoms with Crippen LogP contribution in [0, 0.1) is 5.92 Å². The standard InChI is InChI=1S/C16H21O2/c17-11-9-13-1-5-15(6-2-13)16-7-3-14(4-8-16)10-12-18/h1-2,5-6,12,14,16H,3-4,7-11H2. The van der Waals surface area contributed by atoms with Gasteiger partial charge in [-0.05, 0) is 55.1 Å². The van der Waals surface area contributed by atoms with Gasteiger partial charge in [-0.3, -0.25) is 0 Å². The van der Waals surface area contributed by atoms with Gasteiger partial charge in [0.15, 0.2) is 0 Å². The summed E-state index contributed by atoms with van der Waals surface area (Å²) in [5.74, 6) is 1.26. The van der Waals surface area contributed by atoms with Gasteiger partial charge in [0.2, 0.25) is 0 Å². The molecule has 0 aliphatic heterocycles. The quantitative estimate of drug-likeness (QED) is 0.731. The molecular formula is C16H21O2. The maximum atomic E-state index is 10.6. The van der Waals surface area contributed by atoms with Gasteiger partial charge < -0.3 is 4.79 Å². The second-order valence-corrected chi connectivity index (χ2v) is 5.32.